The fraction of sp³-hybridized carbons (Fsp3) is 0.556. The van der Waals surface area contributed by atoms with E-state index in [0.717, 1.165) is 31.9 Å². The van der Waals surface area contributed by atoms with Crippen LogP contribution in [0.15, 0.2) is 24.3 Å². The Bertz CT molecular complexity index is 715. The number of rotatable bonds is 6. The van der Waals surface area contributed by atoms with E-state index >= 15 is 0 Å². The van der Waals surface area contributed by atoms with Gasteiger partial charge in [-0.25, -0.2) is 8.42 Å². The molecule has 0 radical (unpaired) electrons. The molecule has 0 heterocycles. The zero-order valence-corrected chi connectivity index (χ0v) is 15.4. The second kappa shape index (κ2) is 8.86. The van der Waals surface area contributed by atoms with E-state index in [9.17, 15) is 13.2 Å². The van der Waals surface area contributed by atoms with Crippen LogP contribution in [0.4, 0.5) is 5.69 Å². The first-order valence-corrected chi connectivity index (χ1v) is 10.5. The molecule has 0 aromatic heterocycles. The van der Waals surface area contributed by atoms with Gasteiger partial charge in [-0.15, -0.1) is 0 Å². The van der Waals surface area contributed by atoms with Gasteiger partial charge in [0.25, 0.3) is 0 Å². The van der Waals surface area contributed by atoms with Gasteiger partial charge in [-0.1, -0.05) is 25.7 Å². The lowest BCUT2D eigenvalue weighted by Gasteiger charge is -2.23. The second-order valence-electron chi connectivity index (χ2n) is 6.50. The van der Waals surface area contributed by atoms with Gasteiger partial charge >= 0.3 is 0 Å². The molecule has 0 aliphatic heterocycles. The lowest BCUT2D eigenvalue weighted by Crippen LogP contribution is -2.38. The minimum Gasteiger partial charge on any atom is -0.353 e. The summed E-state index contributed by atoms with van der Waals surface area (Å²) in [5.41, 5.74) is 0.923. The van der Waals surface area contributed by atoms with Gasteiger partial charge in [-0.05, 0) is 37.1 Å². The molecule has 0 atom stereocenters. The first-order chi connectivity index (χ1) is 11.9. The highest BCUT2D eigenvalue weighted by Gasteiger charge is 2.20. The van der Waals surface area contributed by atoms with Crippen molar-refractivity contribution in [1.82, 2.24) is 5.32 Å². The number of benzene rings is 1. The molecule has 1 aliphatic carbocycles. The van der Waals surface area contributed by atoms with Gasteiger partial charge in [0, 0.05) is 19.0 Å². The molecule has 0 saturated heterocycles. The van der Waals surface area contributed by atoms with Crippen molar-refractivity contribution in [2.75, 3.05) is 17.1 Å². The number of hydrogen-bond acceptors (Lipinski definition) is 4. The molecule has 6 nitrogen and oxygen atoms in total. The minimum atomic E-state index is -3.50. The van der Waals surface area contributed by atoms with Crippen LogP contribution in [0.25, 0.3) is 0 Å². The van der Waals surface area contributed by atoms with Crippen molar-refractivity contribution in [2.24, 2.45) is 0 Å². The van der Waals surface area contributed by atoms with E-state index in [4.69, 9.17) is 5.26 Å². The van der Waals surface area contributed by atoms with Crippen molar-refractivity contribution in [3.63, 3.8) is 0 Å². The number of amides is 1. The largest absolute Gasteiger partial charge is 0.353 e. The quantitative estimate of drug-likeness (QED) is 0.787. The molecule has 25 heavy (non-hydrogen) atoms. The molecule has 0 unspecified atom stereocenters. The first kappa shape index (κ1) is 19.3. The normalized spacial score (nSPS) is 15.8. The fourth-order valence-corrected chi connectivity index (χ4v) is 4.04. The van der Waals surface area contributed by atoms with Gasteiger partial charge in [-0.3, -0.25) is 9.10 Å². The van der Waals surface area contributed by atoms with Crippen LogP contribution < -0.4 is 9.62 Å². The van der Waals surface area contributed by atoms with E-state index in [1.165, 1.54) is 17.1 Å². The topological polar surface area (TPSA) is 90.3 Å². The molecule has 1 fully saturated rings. The highest BCUT2D eigenvalue weighted by Crippen LogP contribution is 2.19. The summed E-state index contributed by atoms with van der Waals surface area (Å²) < 4.78 is 25.3. The Hall–Kier alpha value is -2.07. The Kier molecular flexibility index (Phi) is 6.82. The zero-order chi connectivity index (χ0) is 18.3. The third kappa shape index (κ3) is 6.05. The van der Waals surface area contributed by atoms with Gasteiger partial charge in [0.1, 0.15) is 0 Å². The summed E-state index contributed by atoms with van der Waals surface area (Å²) >= 11 is 0. The van der Waals surface area contributed by atoms with Crippen molar-refractivity contribution in [2.45, 2.75) is 51.0 Å². The van der Waals surface area contributed by atoms with Crippen LogP contribution in [0.1, 0.15) is 50.5 Å². The molecule has 1 saturated carbocycles. The number of nitrogens with zero attached hydrogens (tertiary/aromatic N) is 2. The average molecular weight is 363 g/mol. The zero-order valence-electron chi connectivity index (χ0n) is 14.6. The van der Waals surface area contributed by atoms with Crippen molar-refractivity contribution in [3.8, 4) is 6.07 Å². The fourth-order valence-electron chi connectivity index (χ4n) is 3.12. The lowest BCUT2D eigenvalue weighted by atomic mass is 10.1. The molecule has 1 aliphatic rings. The SMILES string of the molecule is CS(=O)(=O)N(CCC(=O)NC1CCCCCC1)c1ccc(C#N)cc1. The van der Waals surface area contributed by atoms with Gasteiger partial charge in [0.2, 0.25) is 15.9 Å². The summed E-state index contributed by atoms with van der Waals surface area (Å²) in [6, 6.07) is 8.52. The summed E-state index contributed by atoms with van der Waals surface area (Å²) in [6.45, 7) is 0.0866. The maximum atomic E-state index is 12.2. The van der Waals surface area contributed by atoms with Crippen LogP contribution >= 0.6 is 0 Å². The second-order valence-corrected chi connectivity index (χ2v) is 8.41. The number of carbonyl (C=O) groups excluding carboxylic acids is 1. The molecule has 2 rings (SSSR count). The highest BCUT2D eigenvalue weighted by molar-refractivity contribution is 7.92. The maximum Gasteiger partial charge on any atom is 0.232 e. The molecule has 1 N–H and O–H groups in total. The van der Waals surface area contributed by atoms with E-state index in [1.54, 1.807) is 24.3 Å². The van der Waals surface area contributed by atoms with E-state index in [-0.39, 0.29) is 24.9 Å². The van der Waals surface area contributed by atoms with Crippen molar-refractivity contribution >= 4 is 21.6 Å². The van der Waals surface area contributed by atoms with Crippen LogP contribution in [-0.2, 0) is 14.8 Å². The number of sulfonamides is 1. The first-order valence-electron chi connectivity index (χ1n) is 8.67. The van der Waals surface area contributed by atoms with Crippen molar-refractivity contribution in [3.05, 3.63) is 29.8 Å². The van der Waals surface area contributed by atoms with Gasteiger partial charge in [-0.2, -0.15) is 5.26 Å². The summed E-state index contributed by atoms with van der Waals surface area (Å²) in [4.78, 5) is 12.2. The molecule has 1 aromatic carbocycles. The Balaban J connectivity index is 1.97. The summed E-state index contributed by atoms with van der Waals surface area (Å²) in [5, 5.41) is 11.9. The standard InChI is InChI=1S/C18H25N3O3S/c1-25(23,24)21(17-10-8-15(14-19)9-11-17)13-12-18(22)20-16-6-4-2-3-5-7-16/h8-11,16H,2-7,12-13H2,1H3,(H,20,22). The number of carbonyl (C=O) groups is 1. The monoisotopic (exact) mass is 363 g/mol. The predicted octanol–water partition coefficient (Wildman–Crippen LogP) is 2.55. The van der Waals surface area contributed by atoms with Crippen molar-refractivity contribution < 1.29 is 13.2 Å². The number of hydrogen-bond donors (Lipinski definition) is 1. The molecule has 0 bridgehead atoms. The molecule has 1 aromatic rings. The van der Waals surface area contributed by atoms with E-state index in [2.05, 4.69) is 5.32 Å². The Morgan fingerprint density at radius 3 is 2.32 bits per heavy atom. The van der Waals surface area contributed by atoms with Gasteiger partial charge < -0.3 is 5.32 Å². The molecule has 136 valence electrons. The summed E-state index contributed by atoms with van der Waals surface area (Å²) in [5.74, 6) is -0.116. The van der Waals surface area contributed by atoms with E-state index in [0.29, 0.717) is 11.3 Å². The molecule has 7 heteroatoms. The third-order valence-electron chi connectivity index (χ3n) is 4.45. The minimum absolute atomic E-state index is 0.0866. The van der Waals surface area contributed by atoms with Crippen molar-refractivity contribution in [1.29, 1.82) is 5.26 Å². The smallest absolute Gasteiger partial charge is 0.232 e. The number of nitriles is 1. The maximum absolute atomic E-state index is 12.2. The molecular formula is C18H25N3O3S. The lowest BCUT2D eigenvalue weighted by molar-refractivity contribution is -0.121. The molecule has 0 spiro atoms. The molecular weight excluding hydrogens is 338 g/mol. The Labute approximate surface area is 149 Å². The number of anilines is 1. The average Bonchev–Trinajstić information content (AvgIpc) is 2.83. The Morgan fingerprint density at radius 1 is 1.20 bits per heavy atom. The van der Waals surface area contributed by atoms with E-state index in [1.807, 2.05) is 6.07 Å². The van der Waals surface area contributed by atoms with E-state index < -0.39 is 10.0 Å². The predicted molar refractivity (Wildman–Crippen MR) is 97.6 cm³/mol. The van der Waals surface area contributed by atoms with Crippen LogP contribution in [0, 0.1) is 11.3 Å². The highest BCUT2D eigenvalue weighted by atomic mass is 32.2. The summed E-state index contributed by atoms with van der Waals surface area (Å²) in [7, 11) is -3.50. The van der Waals surface area contributed by atoms with Crippen LogP contribution in [0.5, 0.6) is 0 Å². The summed E-state index contributed by atoms with van der Waals surface area (Å²) in [6.07, 6.45) is 7.92. The van der Waals surface area contributed by atoms with Gasteiger partial charge in [0.05, 0.1) is 23.6 Å². The third-order valence-corrected chi connectivity index (χ3v) is 5.64. The van der Waals surface area contributed by atoms with Gasteiger partial charge in [0.15, 0.2) is 0 Å². The van der Waals surface area contributed by atoms with Crippen LogP contribution in [0.2, 0.25) is 0 Å². The van der Waals surface area contributed by atoms with Crippen LogP contribution in [0.3, 0.4) is 0 Å². The molecule has 1 amide bonds. The number of nitrogens with one attached hydrogen (secondary N) is 1. The van der Waals surface area contributed by atoms with Crippen LogP contribution in [-0.4, -0.2) is 33.2 Å². The Morgan fingerprint density at radius 2 is 1.80 bits per heavy atom.